The van der Waals surface area contributed by atoms with Crippen LogP contribution in [-0.2, 0) is 13.5 Å². The van der Waals surface area contributed by atoms with Gasteiger partial charge in [-0.05, 0) is 25.0 Å². The molecule has 160 valence electrons. The van der Waals surface area contributed by atoms with E-state index in [0.29, 0.717) is 10.8 Å². The average molecular weight is 438 g/mol. The van der Waals surface area contributed by atoms with Gasteiger partial charge in [-0.2, -0.15) is 0 Å². The molecule has 0 bridgehead atoms. The second-order valence-electron chi connectivity index (χ2n) is 7.55. The van der Waals surface area contributed by atoms with E-state index in [1.807, 2.05) is 12.1 Å². The molecular formula is C21H23N7O2S. The van der Waals surface area contributed by atoms with Crippen LogP contribution < -0.4 is 21.2 Å². The summed E-state index contributed by atoms with van der Waals surface area (Å²) >= 11 is 1.29. The maximum Gasteiger partial charge on any atom is 0.335 e. The van der Waals surface area contributed by atoms with Gasteiger partial charge in [0.1, 0.15) is 5.69 Å². The highest BCUT2D eigenvalue weighted by Gasteiger charge is 2.23. The SMILES string of the molecule is Cn1c2c(n(-c3nc(C(=O)Nc4cnccc4N4CCNCC4)cs3)c1=O)CCC=C2. The molecule has 0 aromatic carbocycles. The molecule has 0 atom stereocenters. The molecule has 5 rings (SSSR count). The summed E-state index contributed by atoms with van der Waals surface area (Å²) in [4.78, 5) is 36.6. The predicted octanol–water partition coefficient (Wildman–Crippen LogP) is 1.65. The third kappa shape index (κ3) is 3.57. The number of rotatable bonds is 4. The van der Waals surface area contributed by atoms with Crippen molar-refractivity contribution in [3.05, 3.63) is 57.5 Å². The van der Waals surface area contributed by atoms with E-state index in [1.54, 1.807) is 34.0 Å². The lowest BCUT2D eigenvalue weighted by Gasteiger charge is -2.30. The number of piperazine rings is 1. The number of thiazole rings is 1. The van der Waals surface area contributed by atoms with Crippen LogP contribution in [-0.4, -0.2) is 51.2 Å². The number of aromatic nitrogens is 4. The number of carbonyl (C=O) groups is 1. The van der Waals surface area contributed by atoms with Crippen LogP contribution in [0.4, 0.5) is 11.4 Å². The summed E-state index contributed by atoms with van der Waals surface area (Å²) in [5, 5.41) is 8.48. The smallest absolute Gasteiger partial charge is 0.335 e. The molecule has 9 nitrogen and oxygen atoms in total. The topological polar surface area (TPSA) is 97.1 Å². The molecule has 2 aliphatic rings. The van der Waals surface area contributed by atoms with Gasteiger partial charge in [0.05, 0.1) is 29.0 Å². The lowest BCUT2D eigenvalue weighted by atomic mass is 10.1. The molecule has 1 saturated heterocycles. The lowest BCUT2D eigenvalue weighted by Crippen LogP contribution is -2.43. The molecular weight excluding hydrogens is 414 g/mol. The van der Waals surface area contributed by atoms with Crippen molar-refractivity contribution in [2.24, 2.45) is 7.05 Å². The summed E-state index contributed by atoms with van der Waals surface area (Å²) in [6.45, 7) is 3.53. The van der Waals surface area contributed by atoms with E-state index >= 15 is 0 Å². The number of hydrogen-bond acceptors (Lipinski definition) is 7. The van der Waals surface area contributed by atoms with Gasteiger partial charge in [0, 0.05) is 44.8 Å². The van der Waals surface area contributed by atoms with Crippen LogP contribution in [0.1, 0.15) is 28.3 Å². The molecule has 2 N–H and O–H groups in total. The molecule has 1 fully saturated rings. The molecule has 1 aliphatic carbocycles. The fraction of sp³-hybridized carbons (Fsp3) is 0.333. The molecule has 3 aromatic heterocycles. The Balaban J connectivity index is 1.42. The van der Waals surface area contributed by atoms with E-state index in [-0.39, 0.29) is 17.3 Å². The number of nitrogens with one attached hydrogen (secondary N) is 2. The Morgan fingerprint density at radius 2 is 2.13 bits per heavy atom. The Bertz CT molecular complexity index is 1220. The summed E-state index contributed by atoms with van der Waals surface area (Å²) in [6, 6.07) is 1.91. The first-order chi connectivity index (χ1) is 15.1. The van der Waals surface area contributed by atoms with Crippen molar-refractivity contribution in [1.82, 2.24) is 24.4 Å². The Morgan fingerprint density at radius 1 is 1.29 bits per heavy atom. The highest BCUT2D eigenvalue weighted by molar-refractivity contribution is 7.12. The fourth-order valence-corrected chi connectivity index (χ4v) is 4.88. The number of pyridine rings is 1. The van der Waals surface area contributed by atoms with Crippen molar-refractivity contribution in [1.29, 1.82) is 0 Å². The van der Waals surface area contributed by atoms with Crippen molar-refractivity contribution < 1.29 is 4.79 Å². The van der Waals surface area contributed by atoms with Gasteiger partial charge >= 0.3 is 5.69 Å². The number of amides is 1. The lowest BCUT2D eigenvalue weighted by molar-refractivity contribution is 0.102. The first-order valence-electron chi connectivity index (χ1n) is 10.3. The second kappa shape index (κ2) is 8.12. The van der Waals surface area contributed by atoms with E-state index in [0.717, 1.165) is 56.1 Å². The van der Waals surface area contributed by atoms with E-state index < -0.39 is 0 Å². The molecule has 0 unspecified atom stereocenters. The summed E-state index contributed by atoms with van der Waals surface area (Å²) in [7, 11) is 1.76. The van der Waals surface area contributed by atoms with Gasteiger partial charge in [-0.3, -0.25) is 14.3 Å². The van der Waals surface area contributed by atoms with Crippen LogP contribution in [0.25, 0.3) is 11.2 Å². The molecule has 4 heterocycles. The Morgan fingerprint density at radius 3 is 2.97 bits per heavy atom. The molecule has 1 aliphatic heterocycles. The standard InChI is InChI=1S/C21H23N7O2S/c1-26-17-4-2-3-5-18(17)28(21(26)30)20-25-15(13-31-20)19(29)24-14-12-23-7-6-16(14)27-10-8-22-9-11-27/h2,4,6-7,12-13,22H,3,5,8-11H2,1H3,(H,24,29). The number of anilines is 2. The predicted molar refractivity (Wildman–Crippen MR) is 121 cm³/mol. The van der Waals surface area contributed by atoms with Gasteiger partial charge in [-0.15, -0.1) is 11.3 Å². The summed E-state index contributed by atoms with van der Waals surface area (Å²) < 4.78 is 3.25. The third-order valence-corrected chi connectivity index (χ3v) is 6.47. The van der Waals surface area contributed by atoms with Crippen molar-refractivity contribution in [2.45, 2.75) is 12.8 Å². The Kier molecular flexibility index (Phi) is 5.16. The van der Waals surface area contributed by atoms with Crippen molar-refractivity contribution in [3.8, 4) is 5.13 Å². The monoisotopic (exact) mass is 437 g/mol. The van der Waals surface area contributed by atoms with Crippen LogP contribution in [0.15, 0.2) is 34.7 Å². The number of imidazole rings is 1. The second-order valence-corrected chi connectivity index (χ2v) is 8.39. The minimum Gasteiger partial charge on any atom is -0.367 e. The Hall–Kier alpha value is -3.24. The molecule has 0 saturated carbocycles. The summed E-state index contributed by atoms with van der Waals surface area (Å²) in [5.74, 6) is -0.315. The van der Waals surface area contributed by atoms with Gasteiger partial charge in [0.2, 0.25) is 0 Å². The highest BCUT2D eigenvalue weighted by atomic mass is 32.1. The fourth-order valence-electron chi connectivity index (χ4n) is 4.06. The van der Waals surface area contributed by atoms with E-state index in [1.165, 1.54) is 11.3 Å². The Labute approximate surface area is 183 Å². The first kappa shape index (κ1) is 19.7. The van der Waals surface area contributed by atoms with Crippen LogP contribution in [0, 0.1) is 0 Å². The normalized spacial score (nSPS) is 15.7. The third-order valence-electron chi connectivity index (χ3n) is 5.65. The minimum absolute atomic E-state index is 0.147. The zero-order chi connectivity index (χ0) is 21.4. The molecule has 0 radical (unpaired) electrons. The first-order valence-corrected chi connectivity index (χ1v) is 11.2. The number of nitrogens with zero attached hydrogens (tertiary/aromatic N) is 5. The van der Waals surface area contributed by atoms with E-state index in [9.17, 15) is 9.59 Å². The molecule has 10 heteroatoms. The number of fused-ring (bicyclic) bond motifs is 1. The van der Waals surface area contributed by atoms with Gasteiger partial charge < -0.3 is 15.5 Å². The minimum atomic E-state index is -0.315. The molecule has 3 aromatic rings. The number of hydrogen-bond donors (Lipinski definition) is 2. The van der Waals surface area contributed by atoms with E-state index in [4.69, 9.17) is 0 Å². The zero-order valence-electron chi connectivity index (χ0n) is 17.2. The van der Waals surface area contributed by atoms with Gasteiger partial charge in [0.15, 0.2) is 5.13 Å². The largest absolute Gasteiger partial charge is 0.367 e. The zero-order valence-corrected chi connectivity index (χ0v) is 18.0. The highest BCUT2D eigenvalue weighted by Crippen LogP contribution is 2.27. The molecule has 1 amide bonds. The molecule has 0 spiro atoms. The van der Waals surface area contributed by atoms with E-state index in [2.05, 4.69) is 31.6 Å². The van der Waals surface area contributed by atoms with Crippen LogP contribution >= 0.6 is 11.3 Å². The maximum atomic E-state index is 12.9. The summed E-state index contributed by atoms with van der Waals surface area (Å²) in [6.07, 6.45) is 9.08. The average Bonchev–Trinajstić information content (AvgIpc) is 3.38. The molecule has 31 heavy (non-hydrogen) atoms. The number of carbonyl (C=O) groups excluding carboxylic acids is 1. The van der Waals surface area contributed by atoms with Crippen LogP contribution in [0.2, 0.25) is 0 Å². The maximum absolute atomic E-state index is 12.9. The number of allylic oxidation sites excluding steroid dienone is 1. The van der Waals surface area contributed by atoms with Crippen LogP contribution in [0.3, 0.4) is 0 Å². The van der Waals surface area contributed by atoms with Crippen molar-refractivity contribution in [2.75, 3.05) is 36.4 Å². The van der Waals surface area contributed by atoms with Crippen LogP contribution in [0.5, 0.6) is 0 Å². The quantitative estimate of drug-likeness (QED) is 0.644. The summed E-state index contributed by atoms with van der Waals surface area (Å²) in [5.41, 5.74) is 3.57. The van der Waals surface area contributed by atoms with Gasteiger partial charge in [-0.25, -0.2) is 14.3 Å². The van der Waals surface area contributed by atoms with Gasteiger partial charge in [0.25, 0.3) is 5.91 Å². The van der Waals surface area contributed by atoms with Gasteiger partial charge in [-0.1, -0.05) is 6.08 Å². The van der Waals surface area contributed by atoms with Crippen molar-refractivity contribution in [3.63, 3.8) is 0 Å². The van der Waals surface area contributed by atoms with Crippen molar-refractivity contribution >= 4 is 34.7 Å².